The van der Waals surface area contributed by atoms with Crippen LogP contribution in [-0.4, -0.2) is 31.3 Å². The Bertz CT molecular complexity index is 1690. The van der Waals surface area contributed by atoms with Gasteiger partial charge >= 0.3 is 6.18 Å². The van der Waals surface area contributed by atoms with Crippen molar-refractivity contribution in [2.75, 3.05) is 6.61 Å². The topological polar surface area (TPSA) is 98.8 Å². The normalized spacial score (nSPS) is 11.8. The molecule has 0 atom stereocenters. The molecule has 37 heavy (non-hydrogen) atoms. The Balaban J connectivity index is 1.40. The molecule has 0 radical (unpaired) electrons. The second-order valence-electron chi connectivity index (χ2n) is 7.53. The largest absolute Gasteiger partial charge is 0.494 e. The van der Waals surface area contributed by atoms with Crippen LogP contribution in [0, 0.1) is 3.95 Å². The number of H-pyrrole nitrogens is 1. The summed E-state index contributed by atoms with van der Waals surface area (Å²) in [4.78, 5) is 24.2. The summed E-state index contributed by atoms with van der Waals surface area (Å²) in [5, 5.41) is 4.08. The van der Waals surface area contributed by atoms with Crippen molar-refractivity contribution in [3.63, 3.8) is 0 Å². The van der Waals surface area contributed by atoms with E-state index in [1.807, 2.05) is 31.2 Å². The Hall–Kier alpha value is -3.49. The number of nitrogens with one attached hydrogen (secondary N) is 1. The SMILES string of the molecule is CCOc1ccc(-n2c(=S)sc3c(=O)[nH]c(SCc4nc(-c5cccc(C(F)(F)F)c5)no4)nc32)cc1. The zero-order valence-electron chi connectivity index (χ0n) is 18.9. The van der Waals surface area contributed by atoms with Crippen LogP contribution in [0.15, 0.2) is 63.0 Å². The molecule has 0 aliphatic carbocycles. The number of thiazole rings is 1. The molecule has 0 spiro atoms. The molecule has 14 heteroatoms. The zero-order valence-corrected chi connectivity index (χ0v) is 21.4. The van der Waals surface area contributed by atoms with Gasteiger partial charge in [0.15, 0.2) is 14.8 Å². The minimum atomic E-state index is -4.48. The lowest BCUT2D eigenvalue weighted by Gasteiger charge is -2.07. The van der Waals surface area contributed by atoms with Gasteiger partial charge in [0.2, 0.25) is 11.7 Å². The van der Waals surface area contributed by atoms with Crippen molar-refractivity contribution in [3.8, 4) is 22.8 Å². The summed E-state index contributed by atoms with van der Waals surface area (Å²) in [5.41, 5.74) is 0.161. The minimum Gasteiger partial charge on any atom is -0.494 e. The van der Waals surface area contributed by atoms with Crippen molar-refractivity contribution in [2.45, 2.75) is 24.0 Å². The Labute approximate surface area is 220 Å². The van der Waals surface area contributed by atoms with Crippen LogP contribution in [0.5, 0.6) is 5.75 Å². The van der Waals surface area contributed by atoms with Crippen LogP contribution in [0.1, 0.15) is 18.4 Å². The van der Waals surface area contributed by atoms with Gasteiger partial charge in [-0.05, 0) is 55.5 Å². The molecule has 0 aliphatic heterocycles. The highest BCUT2D eigenvalue weighted by Gasteiger charge is 2.30. The van der Waals surface area contributed by atoms with E-state index in [0.29, 0.717) is 31.8 Å². The first-order valence-corrected chi connectivity index (χ1v) is 13.0. The van der Waals surface area contributed by atoms with Crippen LogP contribution in [-0.2, 0) is 11.9 Å². The van der Waals surface area contributed by atoms with Crippen LogP contribution in [0.25, 0.3) is 27.4 Å². The van der Waals surface area contributed by atoms with Gasteiger partial charge in [-0.2, -0.15) is 18.2 Å². The number of hydrogen-bond donors (Lipinski definition) is 1. The van der Waals surface area contributed by atoms with Gasteiger partial charge in [-0.1, -0.05) is 40.4 Å². The van der Waals surface area contributed by atoms with Gasteiger partial charge in [-0.25, -0.2) is 4.98 Å². The van der Waals surface area contributed by atoms with Crippen molar-refractivity contribution >= 4 is 45.7 Å². The fourth-order valence-corrected chi connectivity index (χ4v) is 5.41. The van der Waals surface area contributed by atoms with E-state index in [1.165, 1.54) is 12.1 Å². The number of nitrogens with zero attached hydrogens (tertiary/aromatic N) is 4. The molecule has 0 saturated carbocycles. The highest BCUT2D eigenvalue weighted by atomic mass is 32.2. The molecule has 5 rings (SSSR count). The summed E-state index contributed by atoms with van der Waals surface area (Å²) >= 11 is 7.78. The summed E-state index contributed by atoms with van der Waals surface area (Å²) in [6, 6.07) is 11.9. The minimum absolute atomic E-state index is 0.0283. The lowest BCUT2D eigenvalue weighted by Crippen LogP contribution is -2.09. The summed E-state index contributed by atoms with van der Waals surface area (Å²) in [6.45, 7) is 2.44. The maximum absolute atomic E-state index is 13.0. The first-order valence-electron chi connectivity index (χ1n) is 10.7. The standard InChI is InChI=1S/C23H16F3N5O3S3/c1-2-33-15-8-6-14(7-9-15)31-19-17(37-22(31)35)20(32)29-21(28-19)36-11-16-27-18(30-34-16)12-4-3-5-13(10-12)23(24,25)26/h3-10H,2,11H2,1H3,(H,28,29,32). The third kappa shape index (κ3) is 5.31. The Morgan fingerprint density at radius 2 is 1.97 bits per heavy atom. The molecule has 5 aromatic rings. The van der Waals surface area contributed by atoms with E-state index in [-0.39, 0.29) is 28.6 Å². The third-order valence-electron chi connectivity index (χ3n) is 5.08. The number of ether oxygens (including phenoxy) is 1. The molecular formula is C23H16F3N5O3S3. The number of alkyl halides is 3. The van der Waals surface area contributed by atoms with Crippen molar-refractivity contribution in [3.05, 3.63) is 74.3 Å². The molecule has 2 aromatic carbocycles. The van der Waals surface area contributed by atoms with Gasteiger partial charge in [-0.15, -0.1) is 0 Å². The molecule has 0 saturated heterocycles. The number of aromatic amines is 1. The quantitative estimate of drug-likeness (QED) is 0.141. The second-order valence-corrected chi connectivity index (χ2v) is 10.1. The molecule has 0 bridgehead atoms. The highest BCUT2D eigenvalue weighted by Crippen LogP contribution is 2.32. The van der Waals surface area contributed by atoms with Crippen LogP contribution in [0.3, 0.4) is 0 Å². The van der Waals surface area contributed by atoms with E-state index in [9.17, 15) is 18.0 Å². The van der Waals surface area contributed by atoms with E-state index in [1.54, 1.807) is 4.57 Å². The first-order chi connectivity index (χ1) is 17.7. The summed E-state index contributed by atoms with van der Waals surface area (Å²) in [6.07, 6.45) is -4.48. The monoisotopic (exact) mass is 563 g/mol. The molecular weight excluding hydrogens is 547 g/mol. The smallest absolute Gasteiger partial charge is 0.416 e. The van der Waals surface area contributed by atoms with Crippen molar-refractivity contribution in [2.24, 2.45) is 0 Å². The van der Waals surface area contributed by atoms with Gasteiger partial charge < -0.3 is 14.2 Å². The number of thioether (sulfide) groups is 1. The number of benzene rings is 2. The lowest BCUT2D eigenvalue weighted by molar-refractivity contribution is -0.137. The van der Waals surface area contributed by atoms with Gasteiger partial charge in [0, 0.05) is 11.3 Å². The molecule has 0 aliphatic rings. The van der Waals surface area contributed by atoms with E-state index in [2.05, 4.69) is 20.1 Å². The van der Waals surface area contributed by atoms with Gasteiger partial charge in [-0.3, -0.25) is 9.36 Å². The molecule has 0 amide bonds. The fourth-order valence-electron chi connectivity index (χ4n) is 3.44. The maximum Gasteiger partial charge on any atom is 0.416 e. The number of fused-ring (bicyclic) bond motifs is 1. The fraction of sp³-hybridized carbons (Fsp3) is 0.174. The molecule has 8 nitrogen and oxygen atoms in total. The predicted octanol–water partition coefficient (Wildman–Crippen LogP) is 6.26. The van der Waals surface area contributed by atoms with Crippen molar-refractivity contribution in [1.29, 1.82) is 0 Å². The first kappa shape index (κ1) is 25.2. The summed E-state index contributed by atoms with van der Waals surface area (Å²) in [5.74, 6) is 1.03. The number of rotatable bonds is 7. The number of halogens is 3. The van der Waals surface area contributed by atoms with Crippen LogP contribution >= 0.6 is 35.3 Å². The summed E-state index contributed by atoms with van der Waals surface area (Å²) < 4.78 is 52.3. The maximum atomic E-state index is 13.0. The molecule has 3 heterocycles. The predicted molar refractivity (Wildman–Crippen MR) is 136 cm³/mol. The highest BCUT2D eigenvalue weighted by molar-refractivity contribution is 7.98. The average molecular weight is 564 g/mol. The van der Waals surface area contributed by atoms with Gasteiger partial charge in [0.05, 0.1) is 17.9 Å². The zero-order chi connectivity index (χ0) is 26.2. The van der Waals surface area contributed by atoms with Crippen molar-refractivity contribution in [1.82, 2.24) is 24.7 Å². The number of aromatic nitrogens is 5. The molecule has 3 aromatic heterocycles. The van der Waals surface area contributed by atoms with Gasteiger partial charge in [0.25, 0.3) is 5.56 Å². The van der Waals surface area contributed by atoms with E-state index >= 15 is 0 Å². The molecule has 190 valence electrons. The Kier molecular flexibility index (Phi) is 6.88. The van der Waals surface area contributed by atoms with Crippen molar-refractivity contribution < 1.29 is 22.4 Å². The van der Waals surface area contributed by atoms with E-state index in [4.69, 9.17) is 21.5 Å². The van der Waals surface area contributed by atoms with E-state index < -0.39 is 11.7 Å². The molecule has 0 unspecified atom stereocenters. The average Bonchev–Trinajstić information content (AvgIpc) is 3.48. The molecule has 0 fully saturated rings. The van der Waals surface area contributed by atoms with E-state index in [0.717, 1.165) is 40.9 Å². The van der Waals surface area contributed by atoms with Gasteiger partial charge in [0.1, 0.15) is 10.4 Å². The number of hydrogen-bond acceptors (Lipinski definition) is 9. The summed E-state index contributed by atoms with van der Waals surface area (Å²) in [7, 11) is 0. The second kappa shape index (κ2) is 10.1. The van der Waals surface area contributed by atoms with Crippen LogP contribution in [0.2, 0.25) is 0 Å². The molecule has 1 N–H and O–H groups in total. The Morgan fingerprint density at radius 3 is 2.70 bits per heavy atom. The Morgan fingerprint density at radius 1 is 1.19 bits per heavy atom. The van der Waals surface area contributed by atoms with Crippen LogP contribution < -0.4 is 10.3 Å². The third-order valence-corrected chi connectivity index (χ3v) is 7.30. The van der Waals surface area contributed by atoms with Crippen LogP contribution in [0.4, 0.5) is 13.2 Å². The lowest BCUT2D eigenvalue weighted by atomic mass is 10.1.